The van der Waals surface area contributed by atoms with Gasteiger partial charge in [-0.15, -0.1) is 11.3 Å². The van der Waals surface area contributed by atoms with Crippen LogP contribution >= 0.6 is 11.3 Å². The Hall–Kier alpha value is -2.23. The van der Waals surface area contributed by atoms with E-state index in [2.05, 4.69) is 5.32 Å². The van der Waals surface area contributed by atoms with Crippen LogP contribution in [0.5, 0.6) is 0 Å². The van der Waals surface area contributed by atoms with E-state index in [4.69, 9.17) is 0 Å². The molecule has 3 rings (SSSR count). The van der Waals surface area contributed by atoms with Gasteiger partial charge in [0.25, 0.3) is 11.8 Å². The van der Waals surface area contributed by atoms with E-state index >= 15 is 0 Å². The van der Waals surface area contributed by atoms with E-state index in [1.54, 1.807) is 35.2 Å². The molecule has 0 bridgehead atoms. The van der Waals surface area contributed by atoms with Crippen molar-refractivity contribution in [2.24, 2.45) is 0 Å². The molecule has 0 unspecified atom stereocenters. The Kier molecular flexibility index (Phi) is 6.59. The lowest BCUT2D eigenvalue weighted by Crippen LogP contribution is -2.50. The lowest BCUT2D eigenvalue weighted by Gasteiger charge is -2.34. The standard InChI is InChI=1S/C22H29N3O4S2/c1-15-14-19(16(2)30-15)31(28,29)25-12-10-24(11-13-25)21(27)18-8-6-17(7-9-18)20(26)23-22(3,4)5/h6-9,14H,10-13H2,1-5H3,(H,23,26). The number of rotatable bonds is 4. The van der Waals surface area contributed by atoms with Crippen LogP contribution in [0.15, 0.2) is 35.2 Å². The summed E-state index contributed by atoms with van der Waals surface area (Å²) in [5.41, 5.74) is 0.628. The fourth-order valence-electron chi connectivity index (χ4n) is 3.49. The van der Waals surface area contributed by atoms with Gasteiger partial charge < -0.3 is 10.2 Å². The fourth-order valence-corrected chi connectivity index (χ4v) is 6.44. The van der Waals surface area contributed by atoms with E-state index in [9.17, 15) is 18.0 Å². The molecular weight excluding hydrogens is 434 g/mol. The molecule has 1 N–H and O–H groups in total. The van der Waals surface area contributed by atoms with Crippen molar-refractivity contribution >= 4 is 33.2 Å². The Balaban J connectivity index is 1.64. The van der Waals surface area contributed by atoms with Gasteiger partial charge in [-0.05, 0) is 65.0 Å². The summed E-state index contributed by atoms with van der Waals surface area (Å²) in [4.78, 5) is 28.9. The molecule has 0 saturated carbocycles. The van der Waals surface area contributed by atoms with Crippen molar-refractivity contribution in [2.45, 2.75) is 45.1 Å². The van der Waals surface area contributed by atoms with Crippen molar-refractivity contribution in [3.63, 3.8) is 0 Å². The van der Waals surface area contributed by atoms with Gasteiger partial charge >= 0.3 is 0 Å². The Morgan fingerprint density at radius 1 is 0.968 bits per heavy atom. The topological polar surface area (TPSA) is 86.8 Å². The number of nitrogens with zero attached hydrogens (tertiary/aromatic N) is 2. The minimum Gasteiger partial charge on any atom is -0.347 e. The Bertz CT molecular complexity index is 1070. The van der Waals surface area contributed by atoms with Crippen LogP contribution in [0.2, 0.25) is 0 Å². The monoisotopic (exact) mass is 463 g/mol. The zero-order chi connectivity index (χ0) is 23.0. The molecule has 2 heterocycles. The lowest BCUT2D eigenvalue weighted by atomic mass is 10.1. The summed E-state index contributed by atoms with van der Waals surface area (Å²) < 4.78 is 27.4. The molecule has 168 valence electrons. The minimum atomic E-state index is -3.55. The first-order chi connectivity index (χ1) is 14.4. The summed E-state index contributed by atoms with van der Waals surface area (Å²) in [5.74, 6) is -0.355. The summed E-state index contributed by atoms with van der Waals surface area (Å²) in [6.07, 6.45) is 0. The average Bonchev–Trinajstić information content (AvgIpc) is 3.05. The number of hydrogen-bond acceptors (Lipinski definition) is 5. The second kappa shape index (κ2) is 8.72. The second-order valence-electron chi connectivity index (χ2n) is 8.76. The van der Waals surface area contributed by atoms with Crippen LogP contribution in [0.25, 0.3) is 0 Å². The number of thiophene rings is 1. The first-order valence-corrected chi connectivity index (χ1v) is 12.4. The molecule has 9 heteroatoms. The van der Waals surface area contributed by atoms with Gasteiger partial charge in [-0.25, -0.2) is 8.42 Å². The van der Waals surface area contributed by atoms with Gasteiger partial charge in [0.05, 0.1) is 4.90 Å². The second-order valence-corrected chi connectivity index (χ2v) is 12.1. The quantitative estimate of drug-likeness (QED) is 0.755. The number of aryl methyl sites for hydroxylation is 2. The smallest absolute Gasteiger partial charge is 0.253 e. The van der Waals surface area contributed by atoms with Crippen LogP contribution in [0.1, 0.15) is 51.2 Å². The predicted octanol–water partition coefficient (Wildman–Crippen LogP) is 3.04. The first-order valence-electron chi connectivity index (χ1n) is 10.2. The highest BCUT2D eigenvalue weighted by Gasteiger charge is 2.32. The molecule has 0 spiro atoms. The van der Waals surface area contributed by atoms with Gasteiger partial charge in [-0.2, -0.15) is 4.31 Å². The largest absolute Gasteiger partial charge is 0.347 e. The number of hydrogen-bond donors (Lipinski definition) is 1. The molecule has 1 aromatic carbocycles. The van der Waals surface area contributed by atoms with Crippen LogP contribution < -0.4 is 5.32 Å². The molecule has 1 aliphatic heterocycles. The third-order valence-electron chi connectivity index (χ3n) is 5.02. The van der Waals surface area contributed by atoms with Crippen molar-refractivity contribution in [3.05, 3.63) is 51.2 Å². The van der Waals surface area contributed by atoms with Crippen LogP contribution in [-0.4, -0.2) is 61.2 Å². The molecule has 2 aromatic rings. The summed E-state index contributed by atoms with van der Waals surface area (Å²) in [6, 6.07) is 8.26. The van der Waals surface area contributed by atoms with E-state index in [0.717, 1.165) is 9.75 Å². The molecular formula is C22H29N3O4S2. The minimum absolute atomic E-state index is 0.164. The number of amides is 2. The van der Waals surface area contributed by atoms with E-state index in [1.807, 2.05) is 34.6 Å². The van der Waals surface area contributed by atoms with Crippen molar-refractivity contribution in [2.75, 3.05) is 26.2 Å². The number of nitrogens with one attached hydrogen (secondary N) is 1. The van der Waals surface area contributed by atoms with Gasteiger partial charge in [-0.3, -0.25) is 9.59 Å². The Morgan fingerprint density at radius 2 is 1.52 bits per heavy atom. The molecule has 0 aliphatic carbocycles. The van der Waals surface area contributed by atoms with Gasteiger partial charge in [-0.1, -0.05) is 0 Å². The lowest BCUT2D eigenvalue weighted by molar-refractivity contribution is 0.0697. The van der Waals surface area contributed by atoms with E-state index in [-0.39, 0.29) is 30.4 Å². The highest BCUT2D eigenvalue weighted by Crippen LogP contribution is 2.28. The van der Waals surface area contributed by atoms with Crippen LogP contribution in [-0.2, 0) is 10.0 Å². The molecule has 1 aliphatic rings. The maximum atomic E-state index is 13.0. The summed E-state index contributed by atoms with van der Waals surface area (Å²) in [5, 5.41) is 2.89. The van der Waals surface area contributed by atoms with Gasteiger partial charge in [0.2, 0.25) is 10.0 Å². The van der Waals surface area contributed by atoms with E-state index in [0.29, 0.717) is 29.1 Å². The van der Waals surface area contributed by atoms with Gasteiger partial charge in [0.1, 0.15) is 0 Å². The highest BCUT2D eigenvalue weighted by molar-refractivity contribution is 7.89. The fraction of sp³-hybridized carbons (Fsp3) is 0.455. The molecule has 1 fully saturated rings. The predicted molar refractivity (Wildman–Crippen MR) is 122 cm³/mol. The number of sulfonamides is 1. The normalized spacial score (nSPS) is 15.7. The highest BCUT2D eigenvalue weighted by atomic mass is 32.2. The van der Waals surface area contributed by atoms with Gasteiger partial charge in [0, 0.05) is 52.6 Å². The zero-order valence-electron chi connectivity index (χ0n) is 18.6. The molecule has 1 saturated heterocycles. The van der Waals surface area contributed by atoms with Crippen molar-refractivity contribution in [1.29, 1.82) is 0 Å². The molecule has 1 aromatic heterocycles. The molecule has 0 atom stereocenters. The third kappa shape index (κ3) is 5.34. The van der Waals surface area contributed by atoms with Crippen LogP contribution in [0, 0.1) is 13.8 Å². The van der Waals surface area contributed by atoms with Crippen LogP contribution in [0.3, 0.4) is 0 Å². The maximum absolute atomic E-state index is 13.0. The Morgan fingerprint density at radius 3 is 2.00 bits per heavy atom. The number of carbonyl (C=O) groups excluding carboxylic acids is 2. The van der Waals surface area contributed by atoms with Crippen molar-refractivity contribution in [3.8, 4) is 0 Å². The first kappa shape index (κ1) is 23.4. The summed E-state index contributed by atoms with van der Waals surface area (Å²) >= 11 is 1.47. The van der Waals surface area contributed by atoms with Gasteiger partial charge in [0.15, 0.2) is 0 Å². The maximum Gasteiger partial charge on any atom is 0.253 e. The molecule has 0 radical (unpaired) electrons. The number of benzene rings is 1. The molecule has 7 nitrogen and oxygen atoms in total. The van der Waals surface area contributed by atoms with E-state index < -0.39 is 10.0 Å². The Labute approximate surface area is 188 Å². The van der Waals surface area contributed by atoms with Crippen LogP contribution in [0.4, 0.5) is 0 Å². The average molecular weight is 464 g/mol. The summed E-state index contributed by atoms with van der Waals surface area (Å²) in [7, 11) is -3.55. The number of carbonyl (C=O) groups is 2. The number of piperazine rings is 1. The van der Waals surface area contributed by atoms with E-state index in [1.165, 1.54) is 15.6 Å². The SMILES string of the molecule is Cc1cc(S(=O)(=O)N2CCN(C(=O)c3ccc(C(=O)NC(C)(C)C)cc3)CC2)c(C)s1. The van der Waals surface area contributed by atoms with Crippen molar-refractivity contribution in [1.82, 2.24) is 14.5 Å². The van der Waals surface area contributed by atoms with Crippen molar-refractivity contribution < 1.29 is 18.0 Å². The zero-order valence-corrected chi connectivity index (χ0v) is 20.2. The molecule has 31 heavy (non-hydrogen) atoms. The molecule has 2 amide bonds. The summed E-state index contributed by atoms with van der Waals surface area (Å²) in [6.45, 7) is 10.6. The third-order valence-corrected chi connectivity index (χ3v) is 8.14.